The fourth-order valence-electron chi connectivity index (χ4n) is 18.6. The van der Waals surface area contributed by atoms with Crippen molar-refractivity contribution in [3.8, 4) is 73.9 Å². The van der Waals surface area contributed by atoms with Crippen LogP contribution in [0.4, 0.5) is 0 Å². The van der Waals surface area contributed by atoms with E-state index in [0.717, 1.165) is 73.2 Å². The summed E-state index contributed by atoms with van der Waals surface area (Å²) in [6.07, 6.45) is 21.2. The van der Waals surface area contributed by atoms with Crippen molar-refractivity contribution in [3.63, 3.8) is 0 Å². The highest BCUT2D eigenvalue weighted by molar-refractivity contribution is 5.95. The van der Waals surface area contributed by atoms with Crippen LogP contribution in [0.15, 0.2) is 286 Å². The minimum absolute atomic E-state index is 0.000494. The van der Waals surface area contributed by atoms with Gasteiger partial charge in [0, 0.05) is 139 Å². The maximum absolute atomic E-state index is 8.88. The van der Waals surface area contributed by atoms with E-state index in [1.54, 1.807) is 27.5 Å². The topological polar surface area (TPSA) is 214 Å². The van der Waals surface area contributed by atoms with Crippen LogP contribution in [0.25, 0.3) is 132 Å². The van der Waals surface area contributed by atoms with Gasteiger partial charge in [0.25, 0.3) is 0 Å². The molecule has 9 heterocycles. The molecular weight excluding hydrogens is 1780 g/mol. The second kappa shape index (κ2) is 44.2. The van der Waals surface area contributed by atoms with Gasteiger partial charge >= 0.3 is 0 Å². The molecule has 0 aliphatic rings. The number of pyridine rings is 1. The molecule has 0 saturated heterocycles. The molecule has 0 bridgehead atoms. The Hall–Kier alpha value is -14.7. The molecule has 750 valence electrons. The minimum Gasteiger partial charge on any atom is -0.496 e. The summed E-state index contributed by atoms with van der Waals surface area (Å²) < 4.78 is 17.0. The lowest BCUT2D eigenvalue weighted by atomic mass is 9.80. The molecule has 0 spiro atoms. The van der Waals surface area contributed by atoms with Crippen LogP contribution in [-0.4, -0.2) is 66.2 Å². The molecule has 11 aromatic carbocycles. The number of hydrogen-bond donors (Lipinski definition) is 8. The average Bonchev–Trinajstić information content (AvgIpc) is 1.74. The fourth-order valence-corrected chi connectivity index (χ4v) is 18.6. The van der Waals surface area contributed by atoms with Gasteiger partial charge in [0.05, 0.1) is 44.9 Å². The van der Waals surface area contributed by atoms with E-state index in [4.69, 9.17) is 24.7 Å². The lowest BCUT2D eigenvalue weighted by Crippen LogP contribution is -2.13. The van der Waals surface area contributed by atoms with Crippen molar-refractivity contribution in [2.45, 2.75) is 256 Å². The molecule has 0 aliphatic carbocycles. The molecule has 145 heavy (non-hydrogen) atoms. The van der Waals surface area contributed by atoms with Crippen molar-refractivity contribution in [2.24, 2.45) is 0 Å². The molecule has 14 heteroatoms. The summed E-state index contributed by atoms with van der Waals surface area (Å²) in [5, 5.41) is 27.4. The van der Waals surface area contributed by atoms with E-state index in [1.165, 1.54) is 149 Å². The first-order valence-electron chi connectivity index (χ1n) is 50.9. The third-order valence-electron chi connectivity index (χ3n) is 27.3. The molecule has 0 amide bonds. The number of aryl methyl sites for hydroxylation is 2. The Morgan fingerprint density at radius 1 is 0.317 bits per heavy atom. The van der Waals surface area contributed by atoms with Gasteiger partial charge in [-0.3, -0.25) is 4.98 Å². The fraction of sp³-hybridized carbons (Fsp3) is 0.321. The Bertz CT molecular complexity index is 7760. The second-order valence-corrected chi connectivity index (χ2v) is 46.8. The van der Waals surface area contributed by atoms with Crippen molar-refractivity contribution in [1.29, 1.82) is 10.5 Å². The van der Waals surface area contributed by atoms with Crippen molar-refractivity contribution < 1.29 is 14.2 Å². The van der Waals surface area contributed by atoms with Crippen LogP contribution < -0.4 is 14.2 Å². The van der Waals surface area contributed by atoms with Gasteiger partial charge in [-0.2, -0.15) is 10.5 Å². The number of H-pyrrole nitrogens is 8. The van der Waals surface area contributed by atoms with Crippen LogP contribution in [-0.2, 0) is 56.2 Å². The predicted molar refractivity (Wildman–Crippen MR) is 617 cm³/mol. The average molecular weight is 1930 g/mol. The van der Waals surface area contributed by atoms with Crippen LogP contribution in [0.3, 0.4) is 0 Å². The van der Waals surface area contributed by atoms with E-state index < -0.39 is 0 Å². The molecule has 0 atom stereocenters. The van der Waals surface area contributed by atoms with Crippen LogP contribution in [0.2, 0.25) is 0 Å². The first kappa shape index (κ1) is 108. The van der Waals surface area contributed by atoms with Gasteiger partial charge in [0.15, 0.2) is 0 Å². The summed E-state index contributed by atoms with van der Waals surface area (Å²) in [7, 11) is 5.16. The number of ether oxygens (including phenoxy) is 3. The Morgan fingerprint density at radius 3 is 1.10 bits per heavy atom. The molecule has 20 aromatic rings. The second-order valence-electron chi connectivity index (χ2n) is 46.8. The van der Waals surface area contributed by atoms with Crippen LogP contribution >= 0.6 is 0 Å². The molecule has 0 aliphatic heterocycles. The molecule has 9 aromatic heterocycles. The van der Waals surface area contributed by atoms with E-state index in [2.05, 4.69) is 457 Å². The van der Waals surface area contributed by atoms with Crippen LogP contribution in [0.5, 0.6) is 17.2 Å². The maximum Gasteiger partial charge on any atom is 0.130 e. The Morgan fingerprint density at radius 2 is 0.690 bits per heavy atom. The Kier molecular flexibility index (Phi) is 32.8. The normalized spacial score (nSPS) is 11.9. The molecular formula is C131H153N11O3. The summed E-state index contributed by atoms with van der Waals surface area (Å²) in [5.41, 5.74) is 36.6. The van der Waals surface area contributed by atoms with E-state index in [9.17, 15) is 0 Å². The zero-order valence-electron chi connectivity index (χ0n) is 91.7. The van der Waals surface area contributed by atoms with Gasteiger partial charge in [-0.15, -0.1) is 0 Å². The Labute approximate surface area is 861 Å². The number of fused-ring (bicyclic) bond motifs is 8. The number of aromatic nitrogens is 9. The van der Waals surface area contributed by atoms with Crippen LogP contribution in [0, 0.1) is 29.6 Å². The predicted octanol–water partition coefficient (Wildman–Crippen LogP) is 35.7. The smallest absolute Gasteiger partial charge is 0.130 e. The number of nitrogens with zero attached hydrogens (tertiary/aromatic N) is 3. The molecule has 14 nitrogen and oxygen atoms in total. The lowest BCUT2D eigenvalue weighted by molar-refractivity contribution is 0.397. The molecule has 8 N–H and O–H groups in total. The third-order valence-corrected chi connectivity index (χ3v) is 27.3. The molecule has 0 fully saturated rings. The first-order valence-corrected chi connectivity index (χ1v) is 50.9. The number of rotatable bonds is 10. The highest BCUT2D eigenvalue weighted by Crippen LogP contribution is 2.47. The molecule has 0 unspecified atom stereocenters. The zero-order chi connectivity index (χ0) is 105. The number of nitrogens with one attached hydrogen (secondary N) is 8. The summed E-state index contributed by atoms with van der Waals surface area (Å²) >= 11 is 0. The van der Waals surface area contributed by atoms with Crippen molar-refractivity contribution in [2.75, 3.05) is 21.3 Å². The zero-order valence-corrected chi connectivity index (χ0v) is 91.7. The lowest BCUT2D eigenvalue weighted by Gasteiger charge is -2.25. The summed E-state index contributed by atoms with van der Waals surface area (Å²) in [6.45, 7) is 62.4. The number of aromatic amines is 8. The highest BCUT2D eigenvalue weighted by Gasteiger charge is 2.29. The molecule has 0 saturated carbocycles. The largest absolute Gasteiger partial charge is 0.496 e. The summed E-state index contributed by atoms with van der Waals surface area (Å²) in [5.74, 6) is 3.08. The highest BCUT2D eigenvalue weighted by atomic mass is 16.5. The van der Waals surface area contributed by atoms with Crippen molar-refractivity contribution >= 4 is 87.2 Å². The third kappa shape index (κ3) is 25.7. The van der Waals surface area contributed by atoms with Gasteiger partial charge in [-0.05, 0) is 300 Å². The molecule has 20 rings (SSSR count). The van der Waals surface area contributed by atoms with Gasteiger partial charge in [-0.1, -0.05) is 290 Å². The van der Waals surface area contributed by atoms with Crippen LogP contribution in [0.1, 0.15) is 265 Å². The van der Waals surface area contributed by atoms with E-state index in [1.807, 2.05) is 73.7 Å². The summed E-state index contributed by atoms with van der Waals surface area (Å²) in [4.78, 5) is 30.5. The van der Waals surface area contributed by atoms with Gasteiger partial charge in [0.2, 0.25) is 0 Å². The molecule has 0 radical (unpaired) electrons. The maximum atomic E-state index is 8.88. The van der Waals surface area contributed by atoms with E-state index >= 15 is 0 Å². The van der Waals surface area contributed by atoms with Gasteiger partial charge in [-0.25, -0.2) is 0 Å². The number of nitriles is 2. The summed E-state index contributed by atoms with van der Waals surface area (Å²) in [6, 6.07) is 84.3. The number of hydrogen-bond acceptors (Lipinski definition) is 6. The van der Waals surface area contributed by atoms with Gasteiger partial charge in [0.1, 0.15) is 23.3 Å². The minimum atomic E-state index is 0.000494. The number of methoxy groups -OCH3 is 3. The monoisotopic (exact) mass is 1930 g/mol. The van der Waals surface area contributed by atoms with Crippen molar-refractivity contribution in [3.05, 3.63) is 359 Å². The SMILES string of the molecule is CC(C)(C)c1cc2[nH]ccc2cc1-c1ccccc1.CC(C)(C)c1cc2[nH]ccc2cc1-c1cccnc1.CC(C)(C)c1ccc2c(C#N)c[nH]c2c1.CC(C)(C)c1ccc2c(CC#N)c[nH]c2c1.CCc1c[nH]c2cc(C(C)(C)C)ccc12.COc1cc(C(C)C)ccc1-c1cc2cc[nH]c2cc1C(C)(C)C.COc1cccc(OC)c1-c1cc2cc[nH]c2cc1C(C)(C)C.Cc1c[nH]c2cc(C(C)(C)C)ccc12. The Balaban J connectivity index is 0.000000140. The van der Waals surface area contributed by atoms with Crippen molar-refractivity contribution in [1.82, 2.24) is 44.9 Å². The van der Waals surface area contributed by atoms with E-state index in [0.29, 0.717) is 17.9 Å². The number of benzene rings is 11. The standard InChI is InChI=1S/C22H27NO.C20H23NO2.C18H19N.C17H18N2.C14H16N2.C14H19N.C13H14N2.C13H17N/c1-14(2)15-7-8-17(21(12-15)24-6)18-11-16-9-10-23-20(16)13-19(18)22(3,4)5;1-20(2,3)15-12-16-13(9-10-21-16)11-14(15)19-17(22-4)7-6-8-18(19)23-5;1-18(2,3)16-12-17-14(9-10-19-17)11-15(16)13-7-5-4-6-8-13;1-17(2,3)15-10-16-12(6-8-19-16)9-14(15)13-5-4-7-18-11-13;1-14(2,3)11-4-5-12-10(6-7-15)9-16-13(12)8-11;1-5-10-9-15-13-8-11(14(2,3)4)6-7-12(10)13;1-13(2,3)10-4-5-11-9(7-14)8-15-12(11)6-10;1-9-8-14-12-7-10(13(2,3)4)5-6-11(9)12/h7-14,23H,1-6H3;6-12,21H,1-5H3;4-12,19H,1-3H3;4-11,19H,1-3H3;4-5,8-9,16H,6H2,1-3H3;6-9,15H,5H2,1-4H3;4-6,8,15H,1-3H3;5-8,14H,1-4H3. The van der Waals surface area contributed by atoms with E-state index in [-0.39, 0.29) is 43.3 Å². The van der Waals surface area contributed by atoms with Gasteiger partial charge < -0.3 is 54.1 Å². The quantitative estimate of drug-likeness (QED) is 0.0666. The first-order chi connectivity index (χ1) is 68.4.